The van der Waals surface area contributed by atoms with Crippen molar-refractivity contribution in [1.82, 2.24) is 4.90 Å². The molecule has 1 amide bonds. The minimum atomic E-state index is -0.626. The number of allylic oxidation sites excluding steroid dienone is 1. The zero-order chi connectivity index (χ0) is 21.1. The minimum absolute atomic E-state index is 0.0862. The van der Waals surface area contributed by atoms with Gasteiger partial charge >= 0.3 is 5.97 Å². The first kappa shape index (κ1) is 21.2. The van der Waals surface area contributed by atoms with Gasteiger partial charge in [0.15, 0.2) is 16.7 Å². The number of esters is 1. The molecule has 3 rings (SSSR count). The molecule has 1 aromatic rings. The minimum Gasteiger partial charge on any atom is -0.490 e. The fraction of sp³-hybridized carbons (Fsp3) is 0.476. The number of fused-ring (bicyclic) bond motifs is 1. The van der Waals surface area contributed by atoms with E-state index in [2.05, 4.69) is 4.99 Å². The maximum Gasteiger partial charge on any atom is 0.338 e. The van der Waals surface area contributed by atoms with Crippen LogP contribution in [0.4, 0.5) is 0 Å². The van der Waals surface area contributed by atoms with Crippen LogP contribution in [0.1, 0.15) is 45.7 Å². The van der Waals surface area contributed by atoms with Gasteiger partial charge in [-0.3, -0.25) is 9.69 Å². The molecule has 2 atom stereocenters. The number of methoxy groups -OCH3 is 1. The summed E-state index contributed by atoms with van der Waals surface area (Å²) in [6.07, 6.45) is 0.877. The fourth-order valence-electron chi connectivity index (χ4n) is 3.38. The molecule has 1 aromatic carbocycles. The molecule has 156 valence electrons. The lowest BCUT2D eigenvalue weighted by Gasteiger charge is -2.33. The van der Waals surface area contributed by atoms with Gasteiger partial charge in [-0.15, -0.1) is 0 Å². The normalized spacial score (nSPS) is 21.1. The Kier molecular flexibility index (Phi) is 6.52. The number of benzene rings is 1. The van der Waals surface area contributed by atoms with E-state index in [0.29, 0.717) is 41.2 Å². The van der Waals surface area contributed by atoms with Crippen LogP contribution in [0.15, 0.2) is 34.5 Å². The van der Waals surface area contributed by atoms with E-state index in [-0.39, 0.29) is 11.2 Å². The molecule has 0 radical (unpaired) electrons. The predicted molar refractivity (Wildman–Crippen MR) is 112 cm³/mol. The second-order valence-electron chi connectivity index (χ2n) is 6.74. The van der Waals surface area contributed by atoms with Gasteiger partial charge in [-0.2, -0.15) is 0 Å². The standard InChI is InChI=1S/C21H26N2O5S/c1-6-10-28-15-9-8-14(11-16(15)27-7-2)18-17(20(25)26-5)12(3)22-21-23(18)19(24)13(4)29-21/h8-9,11,13,18H,6-7,10H2,1-5H3. The number of hydrogen-bond acceptors (Lipinski definition) is 7. The molecule has 0 saturated carbocycles. The van der Waals surface area contributed by atoms with Gasteiger partial charge in [-0.1, -0.05) is 24.8 Å². The Labute approximate surface area is 175 Å². The van der Waals surface area contributed by atoms with Gasteiger partial charge in [0.25, 0.3) is 0 Å². The summed E-state index contributed by atoms with van der Waals surface area (Å²) in [5.74, 6) is 0.628. The summed E-state index contributed by atoms with van der Waals surface area (Å²) in [5, 5.41) is 0.335. The van der Waals surface area contributed by atoms with Crippen LogP contribution in [0.25, 0.3) is 0 Å². The van der Waals surface area contributed by atoms with Gasteiger partial charge in [0.2, 0.25) is 5.91 Å². The highest BCUT2D eigenvalue weighted by Gasteiger charge is 2.46. The Morgan fingerprint density at radius 1 is 1.24 bits per heavy atom. The van der Waals surface area contributed by atoms with Crippen molar-refractivity contribution in [3.05, 3.63) is 35.0 Å². The van der Waals surface area contributed by atoms with E-state index < -0.39 is 12.0 Å². The number of thioether (sulfide) groups is 1. The summed E-state index contributed by atoms with van der Waals surface area (Å²) < 4.78 is 16.6. The molecule has 0 bridgehead atoms. The maximum absolute atomic E-state index is 12.9. The number of amides is 1. The van der Waals surface area contributed by atoms with Crippen LogP contribution in [0.5, 0.6) is 11.5 Å². The number of hydrogen-bond donors (Lipinski definition) is 0. The van der Waals surface area contributed by atoms with Crippen LogP contribution in [0, 0.1) is 0 Å². The molecule has 2 aliphatic rings. The van der Waals surface area contributed by atoms with Gasteiger partial charge in [0, 0.05) is 0 Å². The average molecular weight is 419 g/mol. The van der Waals surface area contributed by atoms with Crippen molar-refractivity contribution in [2.24, 2.45) is 4.99 Å². The van der Waals surface area contributed by atoms with Crippen molar-refractivity contribution in [1.29, 1.82) is 0 Å². The second-order valence-corrected chi connectivity index (χ2v) is 8.05. The molecule has 2 unspecified atom stereocenters. The monoisotopic (exact) mass is 418 g/mol. The third-order valence-corrected chi connectivity index (χ3v) is 5.76. The number of carbonyl (C=O) groups excluding carboxylic acids is 2. The Morgan fingerprint density at radius 2 is 2.00 bits per heavy atom. The van der Waals surface area contributed by atoms with Crippen molar-refractivity contribution >= 4 is 28.8 Å². The van der Waals surface area contributed by atoms with Crippen molar-refractivity contribution in [2.75, 3.05) is 20.3 Å². The Balaban J connectivity index is 2.12. The number of carbonyl (C=O) groups is 2. The van der Waals surface area contributed by atoms with Crippen molar-refractivity contribution in [2.45, 2.75) is 45.4 Å². The number of aliphatic imine (C=N–C) groups is 1. The van der Waals surface area contributed by atoms with Gasteiger partial charge in [0.1, 0.15) is 0 Å². The molecule has 8 heteroatoms. The van der Waals surface area contributed by atoms with Gasteiger partial charge in [-0.25, -0.2) is 9.79 Å². The van der Waals surface area contributed by atoms with E-state index in [0.717, 1.165) is 12.0 Å². The van der Waals surface area contributed by atoms with Crippen LogP contribution >= 0.6 is 11.8 Å². The Hall–Kier alpha value is -2.48. The number of nitrogens with zero attached hydrogens (tertiary/aromatic N) is 2. The van der Waals surface area contributed by atoms with E-state index in [9.17, 15) is 9.59 Å². The first-order valence-electron chi connectivity index (χ1n) is 9.69. The van der Waals surface area contributed by atoms with Gasteiger partial charge < -0.3 is 14.2 Å². The summed E-state index contributed by atoms with van der Waals surface area (Å²) in [5.41, 5.74) is 1.64. The molecule has 29 heavy (non-hydrogen) atoms. The second kappa shape index (κ2) is 8.90. The van der Waals surface area contributed by atoms with Gasteiger partial charge in [-0.05, 0) is 44.9 Å². The van der Waals surface area contributed by atoms with E-state index in [4.69, 9.17) is 14.2 Å². The van der Waals surface area contributed by atoms with E-state index in [1.807, 2.05) is 39.0 Å². The molecule has 2 aliphatic heterocycles. The van der Waals surface area contributed by atoms with E-state index in [1.54, 1.807) is 11.8 Å². The number of amidine groups is 1. The van der Waals surface area contributed by atoms with Crippen LogP contribution in [0.3, 0.4) is 0 Å². The predicted octanol–water partition coefficient (Wildman–Crippen LogP) is 3.70. The summed E-state index contributed by atoms with van der Waals surface area (Å²) in [6, 6.07) is 4.89. The summed E-state index contributed by atoms with van der Waals surface area (Å²) in [4.78, 5) is 31.6. The zero-order valence-corrected chi connectivity index (χ0v) is 18.2. The number of rotatable bonds is 7. The smallest absolute Gasteiger partial charge is 0.338 e. The first-order chi connectivity index (χ1) is 13.9. The van der Waals surface area contributed by atoms with Crippen molar-refractivity contribution in [3.63, 3.8) is 0 Å². The highest BCUT2D eigenvalue weighted by molar-refractivity contribution is 8.15. The lowest BCUT2D eigenvalue weighted by molar-refractivity contribution is -0.137. The maximum atomic E-state index is 12.9. The molecule has 1 fully saturated rings. The molecule has 7 nitrogen and oxygen atoms in total. The van der Waals surface area contributed by atoms with Crippen molar-refractivity contribution in [3.8, 4) is 11.5 Å². The van der Waals surface area contributed by atoms with Gasteiger partial charge in [0.05, 0.1) is 42.9 Å². The third-order valence-electron chi connectivity index (χ3n) is 4.71. The Morgan fingerprint density at radius 3 is 2.66 bits per heavy atom. The fourth-order valence-corrected chi connectivity index (χ4v) is 4.41. The molecular weight excluding hydrogens is 392 g/mol. The first-order valence-corrected chi connectivity index (χ1v) is 10.6. The summed E-state index contributed by atoms with van der Waals surface area (Å²) in [6.45, 7) is 8.58. The van der Waals surface area contributed by atoms with Crippen LogP contribution in [0.2, 0.25) is 0 Å². The SMILES string of the molecule is CCCOc1ccc(C2C(C(=O)OC)=C(C)N=C3SC(C)C(=O)N32)cc1OCC. The van der Waals surface area contributed by atoms with Crippen LogP contribution < -0.4 is 9.47 Å². The third kappa shape index (κ3) is 3.99. The lowest BCUT2D eigenvalue weighted by Crippen LogP contribution is -2.40. The molecular formula is C21H26N2O5S. The summed E-state index contributed by atoms with van der Waals surface area (Å²) >= 11 is 1.39. The number of ether oxygens (including phenoxy) is 3. The molecule has 2 heterocycles. The van der Waals surface area contributed by atoms with Crippen LogP contribution in [-0.2, 0) is 14.3 Å². The highest BCUT2D eigenvalue weighted by Crippen LogP contribution is 2.44. The molecule has 1 saturated heterocycles. The molecule has 0 aromatic heterocycles. The van der Waals surface area contributed by atoms with Crippen molar-refractivity contribution < 1.29 is 23.8 Å². The highest BCUT2D eigenvalue weighted by atomic mass is 32.2. The largest absolute Gasteiger partial charge is 0.490 e. The Bertz CT molecular complexity index is 880. The summed E-state index contributed by atoms with van der Waals surface area (Å²) in [7, 11) is 1.33. The van der Waals surface area contributed by atoms with E-state index in [1.165, 1.54) is 18.9 Å². The van der Waals surface area contributed by atoms with E-state index >= 15 is 0 Å². The van der Waals surface area contributed by atoms with Crippen LogP contribution in [-0.4, -0.2) is 47.5 Å². The quantitative estimate of drug-likeness (QED) is 0.629. The zero-order valence-electron chi connectivity index (χ0n) is 17.4. The average Bonchev–Trinajstić information content (AvgIpc) is 2.98. The topological polar surface area (TPSA) is 77.4 Å². The molecule has 0 N–H and O–H groups in total. The molecule has 0 aliphatic carbocycles. The molecule has 0 spiro atoms. The lowest BCUT2D eigenvalue weighted by atomic mass is 9.94.